The van der Waals surface area contributed by atoms with E-state index in [0.29, 0.717) is 21.0 Å². The second-order valence-electron chi connectivity index (χ2n) is 5.27. The summed E-state index contributed by atoms with van der Waals surface area (Å²) in [7, 11) is 0. The average Bonchev–Trinajstić information content (AvgIpc) is 2.26. The van der Waals surface area contributed by atoms with Gasteiger partial charge in [-0.05, 0) is 24.3 Å². The first-order valence-corrected chi connectivity index (χ1v) is 6.91. The monoisotopic (exact) mass is 314 g/mol. The third-order valence-electron chi connectivity index (χ3n) is 2.64. The minimum atomic E-state index is -0.111. The van der Waals surface area contributed by atoms with Crippen LogP contribution in [-0.2, 0) is 5.41 Å². The lowest BCUT2D eigenvalue weighted by molar-refractivity contribution is 0.568. The second-order valence-corrected chi connectivity index (χ2v) is 6.50. The van der Waals surface area contributed by atoms with Crippen molar-refractivity contribution in [1.29, 1.82) is 0 Å². The number of benzene rings is 1. The van der Waals surface area contributed by atoms with Gasteiger partial charge < -0.3 is 0 Å². The number of hydrogen-bond acceptors (Lipinski definition) is 2. The van der Waals surface area contributed by atoms with Gasteiger partial charge >= 0.3 is 0 Å². The molecule has 2 nitrogen and oxygen atoms in total. The van der Waals surface area contributed by atoms with Gasteiger partial charge in [-0.1, -0.05) is 55.6 Å². The summed E-state index contributed by atoms with van der Waals surface area (Å²) in [5, 5.41) is 1.49. The van der Waals surface area contributed by atoms with Crippen LogP contribution in [0.5, 0.6) is 0 Å². The highest BCUT2D eigenvalue weighted by Crippen LogP contribution is 2.31. The van der Waals surface area contributed by atoms with Gasteiger partial charge in [0.15, 0.2) is 5.82 Å². The zero-order valence-electron chi connectivity index (χ0n) is 10.8. The maximum atomic E-state index is 6.18. The molecule has 0 unspecified atom stereocenters. The van der Waals surface area contributed by atoms with Gasteiger partial charge in [-0.3, -0.25) is 0 Å². The molecule has 0 aliphatic heterocycles. The molecule has 19 heavy (non-hydrogen) atoms. The van der Waals surface area contributed by atoms with Crippen molar-refractivity contribution < 1.29 is 0 Å². The Balaban J connectivity index is 2.59. The summed E-state index contributed by atoms with van der Waals surface area (Å²) in [5.41, 5.74) is 1.48. The molecule has 5 heteroatoms. The molecule has 2 rings (SSSR count). The van der Waals surface area contributed by atoms with Gasteiger partial charge in [0.25, 0.3) is 0 Å². The number of aromatic nitrogens is 2. The van der Waals surface area contributed by atoms with Crippen LogP contribution in [0.1, 0.15) is 26.5 Å². The van der Waals surface area contributed by atoms with E-state index < -0.39 is 0 Å². The normalized spacial score (nSPS) is 11.7. The molecule has 1 aromatic heterocycles. The molecule has 2 aromatic rings. The molecule has 0 atom stereocenters. The lowest BCUT2D eigenvalue weighted by Gasteiger charge is -2.18. The van der Waals surface area contributed by atoms with Crippen molar-refractivity contribution in [3.05, 3.63) is 45.2 Å². The Bertz CT molecular complexity index is 619. The lowest BCUT2D eigenvalue weighted by Crippen LogP contribution is -2.14. The van der Waals surface area contributed by atoms with Gasteiger partial charge in [0.1, 0.15) is 5.15 Å². The first-order chi connectivity index (χ1) is 8.77. The molecular weight excluding hydrogens is 303 g/mol. The van der Waals surface area contributed by atoms with Crippen LogP contribution in [0, 0.1) is 0 Å². The smallest absolute Gasteiger partial charge is 0.162 e. The molecule has 0 N–H and O–H groups in total. The van der Waals surface area contributed by atoms with Crippen LogP contribution >= 0.6 is 34.8 Å². The minimum Gasteiger partial charge on any atom is -0.232 e. The molecular formula is C14H13Cl3N2. The van der Waals surface area contributed by atoms with Crippen LogP contribution in [0.25, 0.3) is 11.4 Å². The molecule has 0 aliphatic rings. The quantitative estimate of drug-likeness (QED) is 0.658. The van der Waals surface area contributed by atoms with E-state index in [1.807, 2.05) is 0 Å². The molecule has 100 valence electrons. The Hall–Kier alpha value is -0.830. The molecule has 0 aliphatic carbocycles. The van der Waals surface area contributed by atoms with Crippen molar-refractivity contribution in [2.24, 2.45) is 0 Å². The van der Waals surface area contributed by atoms with E-state index >= 15 is 0 Å². The molecule has 0 radical (unpaired) electrons. The minimum absolute atomic E-state index is 0.111. The van der Waals surface area contributed by atoms with E-state index in [-0.39, 0.29) is 5.41 Å². The van der Waals surface area contributed by atoms with Crippen molar-refractivity contribution >= 4 is 34.8 Å². The summed E-state index contributed by atoms with van der Waals surface area (Å²) >= 11 is 18.1. The zero-order valence-corrected chi connectivity index (χ0v) is 13.1. The van der Waals surface area contributed by atoms with E-state index in [1.54, 1.807) is 24.3 Å². The predicted octanol–water partition coefficient (Wildman–Crippen LogP) is 5.40. The third kappa shape index (κ3) is 3.38. The Labute approximate surface area is 127 Å². The first kappa shape index (κ1) is 14.6. The van der Waals surface area contributed by atoms with Crippen LogP contribution in [-0.4, -0.2) is 9.97 Å². The molecule has 0 amide bonds. The zero-order chi connectivity index (χ0) is 14.2. The van der Waals surface area contributed by atoms with Gasteiger partial charge in [-0.25, -0.2) is 9.97 Å². The Morgan fingerprint density at radius 3 is 2.21 bits per heavy atom. The summed E-state index contributed by atoms with van der Waals surface area (Å²) < 4.78 is 0. The topological polar surface area (TPSA) is 25.8 Å². The molecule has 0 saturated carbocycles. The lowest BCUT2D eigenvalue weighted by atomic mass is 9.92. The van der Waals surface area contributed by atoms with E-state index in [0.717, 1.165) is 11.3 Å². The summed E-state index contributed by atoms with van der Waals surface area (Å²) in [4.78, 5) is 8.78. The summed E-state index contributed by atoms with van der Waals surface area (Å²) in [6.45, 7) is 6.21. The third-order valence-corrected chi connectivity index (χ3v) is 3.38. The highest BCUT2D eigenvalue weighted by molar-refractivity contribution is 6.36. The number of rotatable bonds is 1. The summed E-state index contributed by atoms with van der Waals surface area (Å²) in [5.74, 6) is 0.513. The Morgan fingerprint density at radius 1 is 0.947 bits per heavy atom. The van der Waals surface area contributed by atoms with Crippen molar-refractivity contribution in [1.82, 2.24) is 9.97 Å². The van der Waals surface area contributed by atoms with E-state index in [4.69, 9.17) is 34.8 Å². The maximum Gasteiger partial charge on any atom is 0.162 e. The highest BCUT2D eigenvalue weighted by Gasteiger charge is 2.19. The van der Waals surface area contributed by atoms with Gasteiger partial charge in [0, 0.05) is 16.0 Å². The van der Waals surface area contributed by atoms with Crippen molar-refractivity contribution in [3.63, 3.8) is 0 Å². The highest BCUT2D eigenvalue weighted by atomic mass is 35.5. The van der Waals surface area contributed by atoms with Gasteiger partial charge in [-0.15, -0.1) is 0 Å². The first-order valence-electron chi connectivity index (χ1n) is 5.78. The van der Waals surface area contributed by atoms with Crippen LogP contribution in [0.3, 0.4) is 0 Å². The molecule has 1 heterocycles. The standard InChI is InChI=1S/C14H13Cl3N2/c1-14(2,3)11-7-12(17)19-13(18-11)9-5-4-8(15)6-10(9)16/h4-7H,1-3H3. The van der Waals surface area contributed by atoms with Crippen molar-refractivity contribution in [2.75, 3.05) is 0 Å². The van der Waals surface area contributed by atoms with Crippen LogP contribution in [0.15, 0.2) is 24.3 Å². The van der Waals surface area contributed by atoms with Crippen LogP contribution in [0.4, 0.5) is 0 Å². The maximum absolute atomic E-state index is 6.18. The van der Waals surface area contributed by atoms with Gasteiger partial charge in [-0.2, -0.15) is 0 Å². The van der Waals surface area contributed by atoms with E-state index in [9.17, 15) is 0 Å². The van der Waals surface area contributed by atoms with Gasteiger partial charge in [0.2, 0.25) is 0 Å². The number of halogens is 3. The van der Waals surface area contributed by atoms with E-state index in [2.05, 4.69) is 30.7 Å². The van der Waals surface area contributed by atoms with Gasteiger partial charge in [0.05, 0.1) is 10.7 Å². The fourth-order valence-corrected chi connectivity index (χ4v) is 2.27. The van der Waals surface area contributed by atoms with Crippen molar-refractivity contribution in [2.45, 2.75) is 26.2 Å². The average molecular weight is 316 g/mol. The number of hydrogen-bond donors (Lipinski definition) is 0. The predicted molar refractivity (Wildman–Crippen MR) is 81.2 cm³/mol. The molecule has 0 saturated heterocycles. The van der Waals surface area contributed by atoms with Crippen LogP contribution < -0.4 is 0 Å². The Morgan fingerprint density at radius 2 is 1.63 bits per heavy atom. The second kappa shape index (κ2) is 5.28. The molecule has 0 fully saturated rings. The number of nitrogens with zero attached hydrogens (tertiary/aromatic N) is 2. The van der Waals surface area contributed by atoms with Crippen LogP contribution in [0.2, 0.25) is 15.2 Å². The SMILES string of the molecule is CC(C)(C)c1cc(Cl)nc(-c2ccc(Cl)cc2Cl)n1. The Kier molecular flexibility index (Phi) is 4.05. The summed E-state index contributed by atoms with van der Waals surface area (Å²) in [6.07, 6.45) is 0. The van der Waals surface area contributed by atoms with E-state index in [1.165, 1.54) is 0 Å². The molecule has 0 bridgehead atoms. The summed E-state index contributed by atoms with van der Waals surface area (Å²) in [6, 6.07) is 6.99. The fourth-order valence-electron chi connectivity index (χ4n) is 1.59. The largest absolute Gasteiger partial charge is 0.232 e. The molecule has 0 spiro atoms. The molecule has 1 aromatic carbocycles. The fraction of sp³-hybridized carbons (Fsp3) is 0.286. The van der Waals surface area contributed by atoms with Crippen molar-refractivity contribution in [3.8, 4) is 11.4 Å².